The molecule has 27 heavy (non-hydrogen) atoms. The average Bonchev–Trinajstić information content (AvgIpc) is 3.14. The summed E-state index contributed by atoms with van der Waals surface area (Å²) in [6.07, 6.45) is 5.86. The van der Waals surface area contributed by atoms with Crippen LogP contribution >= 0.6 is 0 Å². The highest BCUT2D eigenvalue weighted by molar-refractivity contribution is 5.80. The molecule has 2 N–H and O–H groups in total. The van der Waals surface area contributed by atoms with E-state index < -0.39 is 0 Å². The van der Waals surface area contributed by atoms with E-state index in [4.69, 9.17) is 4.99 Å². The van der Waals surface area contributed by atoms with Gasteiger partial charge in [-0.05, 0) is 38.7 Å². The Bertz CT molecular complexity index is 679. The summed E-state index contributed by atoms with van der Waals surface area (Å²) in [6, 6.07) is 11.4. The van der Waals surface area contributed by atoms with Gasteiger partial charge in [0.15, 0.2) is 5.96 Å². The van der Waals surface area contributed by atoms with Crippen LogP contribution in [0.1, 0.15) is 51.9 Å². The van der Waals surface area contributed by atoms with E-state index in [-0.39, 0.29) is 0 Å². The molecular formula is C21H34N6. The highest BCUT2D eigenvalue weighted by Crippen LogP contribution is 2.05. The zero-order chi connectivity index (χ0) is 19.5. The van der Waals surface area contributed by atoms with Crippen LogP contribution in [0.5, 0.6) is 0 Å². The molecule has 2 rings (SSSR count). The van der Waals surface area contributed by atoms with E-state index >= 15 is 0 Å². The van der Waals surface area contributed by atoms with Gasteiger partial charge in [-0.25, -0.2) is 0 Å². The van der Waals surface area contributed by atoms with Crippen LogP contribution < -0.4 is 10.6 Å². The first-order chi connectivity index (χ1) is 13.1. The molecule has 0 bridgehead atoms. The minimum atomic E-state index is 0.349. The summed E-state index contributed by atoms with van der Waals surface area (Å²) >= 11 is 0. The Kier molecular flexibility index (Phi) is 8.81. The van der Waals surface area contributed by atoms with Crippen LogP contribution in [0.4, 0.5) is 0 Å². The molecule has 1 aromatic heterocycles. The smallest absolute Gasteiger partial charge is 0.191 e. The Labute approximate surface area is 163 Å². The SMILES string of the molecule is CCc1nncn1CCN=C(NC(C)CC)NC(C)CCc1ccccc1. The second kappa shape index (κ2) is 11.4. The van der Waals surface area contributed by atoms with Crippen molar-refractivity contribution in [2.45, 2.75) is 72.0 Å². The topological polar surface area (TPSA) is 67.1 Å². The Morgan fingerprint density at radius 2 is 1.85 bits per heavy atom. The van der Waals surface area contributed by atoms with Crippen molar-refractivity contribution >= 4 is 5.96 Å². The van der Waals surface area contributed by atoms with E-state index in [0.717, 1.165) is 44.0 Å². The van der Waals surface area contributed by atoms with Crippen LogP contribution in [-0.2, 0) is 19.4 Å². The van der Waals surface area contributed by atoms with Gasteiger partial charge in [0.25, 0.3) is 0 Å². The summed E-state index contributed by atoms with van der Waals surface area (Å²) < 4.78 is 2.07. The summed E-state index contributed by atoms with van der Waals surface area (Å²) in [5.41, 5.74) is 1.37. The molecule has 2 atom stereocenters. The van der Waals surface area contributed by atoms with Gasteiger partial charge >= 0.3 is 0 Å². The van der Waals surface area contributed by atoms with Crippen LogP contribution in [-0.4, -0.2) is 39.4 Å². The highest BCUT2D eigenvalue weighted by atomic mass is 15.3. The number of hydrogen-bond acceptors (Lipinski definition) is 3. The van der Waals surface area contributed by atoms with Crippen molar-refractivity contribution in [3.63, 3.8) is 0 Å². The van der Waals surface area contributed by atoms with Gasteiger partial charge in [0.1, 0.15) is 12.2 Å². The molecule has 0 amide bonds. The lowest BCUT2D eigenvalue weighted by molar-refractivity contribution is 0.564. The molecule has 2 aromatic rings. The van der Waals surface area contributed by atoms with E-state index in [0.29, 0.717) is 18.6 Å². The van der Waals surface area contributed by atoms with E-state index in [1.165, 1.54) is 5.56 Å². The molecule has 0 aliphatic rings. The third-order valence-electron chi connectivity index (χ3n) is 4.71. The summed E-state index contributed by atoms with van der Waals surface area (Å²) in [5, 5.41) is 15.2. The molecule has 6 heteroatoms. The van der Waals surface area contributed by atoms with Crippen molar-refractivity contribution in [3.8, 4) is 0 Å². The average molecular weight is 371 g/mol. The van der Waals surface area contributed by atoms with Crippen LogP contribution in [0.3, 0.4) is 0 Å². The van der Waals surface area contributed by atoms with Gasteiger partial charge in [0, 0.05) is 25.0 Å². The Hall–Kier alpha value is -2.37. The molecule has 0 saturated heterocycles. The van der Waals surface area contributed by atoms with Crippen LogP contribution in [0.15, 0.2) is 41.7 Å². The molecule has 1 heterocycles. The first-order valence-electron chi connectivity index (χ1n) is 10.1. The van der Waals surface area contributed by atoms with Gasteiger partial charge in [-0.15, -0.1) is 10.2 Å². The number of aromatic nitrogens is 3. The van der Waals surface area contributed by atoms with E-state index in [2.05, 4.69) is 83.4 Å². The molecule has 0 saturated carbocycles. The second-order valence-corrected chi connectivity index (χ2v) is 7.05. The lowest BCUT2D eigenvalue weighted by atomic mass is 10.1. The maximum Gasteiger partial charge on any atom is 0.191 e. The molecule has 1 aromatic carbocycles. The Balaban J connectivity index is 1.89. The van der Waals surface area contributed by atoms with Gasteiger partial charge in [-0.1, -0.05) is 44.2 Å². The number of aliphatic imine (C=N–C) groups is 1. The van der Waals surface area contributed by atoms with E-state index in [1.807, 2.05) is 0 Å². The van der Waals surface area contributed by atoms with Crippen molar-refractivity contribution in [3.05, 3.63) is 48.0 Å². The number of benzene rings is 1. The third-order valence-corrected chi connectivity index (χ3v) is 4.71. The summed E-state index contributed by atoms with van der Waals surface area (Å²) in [4.78, 5) is 4.77. The van der Waals surface area contributed by atoms with Crippen molar-refractivity contribution in [1.29, 1.82) is 0 Å². The molecule has 2 unspecified atom stereocenters. The standard InChI is InChI=1S/C21H34N6/c1-5-17(3)24-21(22-14-15-27-16-23-26-20(27)6-2)25-18(4)12-13-19-10-8-7-9-11-19/h7-11,16-18H,5-6,12-15H2,1-4H3,(H2,22,24,25). The largest absolute Gasteiger partial charge is 0.354 e. The van der Waals surface area contributed by atoms with Crippen LogP contribution in [0.2, 0.25) is 0 Å². The van der Waals surface area contributed by atoms with Crippen molar-refractivity contribution in [1.82, 2.24) is 25.4 Å². The fraction of sp³-hybridized carbons (Fsp3) is 0.571. The lowest BCUT2D eigenvalue weighted by Crippen LogP contribution is -2.46. The molecular weight excluding hydrogens is 336 g/mol. The molecule has 6 nitrogen and oxygen atoms in total. The molecule has 148 valence electrons. The molecule has 0 aliphatic heterocycles. The number of hydrogen-bond donors (Lipinski definition) is 2. The predicted molar refractivity (Wildman–Crippen MR) is 112 cm³/mol. The van der Waals surface area contributed by atoms with Gasteiger partial charge in [0.2, 0.25) is 0 Å². The maximum atomic E-state index is 4.77. The molecule has 0 spiro atoms. The highest BCUT2D eigenvalue weighted by Gasteiger charge is 2.09. The summed E-state index contributed by atoms with van der Waals surface area (Å²) in [6.45, 7) is 10.2. The minimum absolute atomic E-state index is 0.349. The Morgan fingerprint density at radius 3 is 2.56 bits per heavy atom. The maximum absolute atomic E-state index is 4.77. The quantitative estimate of drug-likeness (QED) is 0.498. The van der Waals surface area contributed by atoms with Crippen LogP contribution in [0.25, 0.3) is 0 Å². The van der Waals surface area contributed by atoms with Crippen molar-refractivity contribution in [2.75, 3.05) is 6.54 Å². The predicted octanol–water partition coefficient (Wildman–Crippen LogP) is 3.20. The van der Waals surface area contributed by atoms with E-state index in [1.54, 1.807) is 6.33 Å². The summed E-state index contributed by atoms with van der Waals surface area (Å²) in [5.74, 6) is 1.89. The number of nitrogens with one attached hydrogen (secondary N) is 2. The summed E-state index contributed by atoms with van der Waals surface area (Å²) in [7, 11) is 0. The molecule has 0 fully saturated rings. The van der Waals surface area contributed by atoms with Crippen molar-refractivity contribution < 1.29 is 0 Å². The molecule has 0 radical (unpaired) electrons. The Morgan fingerprint density at radius 1 is 1.11 bits per heavy atom. The monoisotopic (exact) mass is 370 g/mol. The first-order valence-corrected chi connectivity index (χ1v) is 10.1. The first kappa shape index (κ1) is 20.9. The zero-order valence-corrected chi connectivity index (χ0v) is 17.2. The van der Waals surface area contributed by atoms with Gasteiger partial charge in [-0.2, -0.15) is 0 Å². The number of nitrogens with zero attached hydrogens (tertiary/aromatic N) is 4. The van der Waals surface area contributed by atoms with Gasteiger partial charge < -0.3 is 15.2 Å². The zero-order valence-electron chi connectivity index (χ0n) is 17.2. The normalized spacial score (nSPS) is 14.0. The molecule has 0 aliphatic carbocycles. The minimum Gasteiger partial charge on any atom is -0.354 e. The second-order valence-electron chi connectivity index (χ2n) is 7.05. The fourth-order valence-electron chi connectivity index (χ4n) is 2.81. The number of guanidine groups is 1. The van der Waals surface area contributed by atoms with Gasteiger partial charge in [-0.3, -0.25) is 4.99 Å². The number of aryl methyl sites for hydroxylation is 2. The lowest BCUT2D eigenvalue weighted by Gasteiger charge is -2.21. The van der Waals surface area contributed by atoms with Crippen LogP contribution in [0, 0.1) is 0 Å². The fourth-order valence-corrected chi connectivity index (χ4v) is 2.81. The van der Waals surface area contributed by atoms with E-state index in [9.17, 15) is 0 Å². The van der Waals surface area contributed by atoms with Gasteiger partial charge in [0.05, 0.1) is 6.54 Å². The third kappa shape index (κ3) is 7.41. The van der Waals surface area contributed by atoms with Crippen molar-refractivity contribution in [2.24, 2.45) is 4.99 Å². The number of rotatable bonds is 10.